The van der Waals surface area contributed by atoms with Gasteiger partial charge in [0, 0.05) is 0 Å². The summed E-state index contributed by atoms with van der Waals surface area (Å²) >= 11 is 0. The van der Waals surface area contributed by atoms with E-state index in [1.54, 1.807) is 24.3 Å². The number of ether oxygens (including phenoxy) is 1. The lowest BCUT2D eigenvalue weighted by molar-refractivity contribution is -0.144. The van der Waals surface area contributed by atoms with Gasteiger partial charge in [-0.15, -0.1) is 0 Å². The van der Waals surface area contributed by atoms with Crippen LogP contribution in [-0.2, 0) is 14.9 Å². The summed E-state index contributed by atoms with van der Waals surface area (Å²) in [6, 6.07) is 25.6. The standard InChI is InChI=1S/C14H14.C12H16O3.C10H14O3S/c1-9-10(2)13-8-4-6-11-5-3-7-12(9)14(11)13;1-4-12(2,3)11(14)15-10-7-5-9(13)6-8-10;1-3-8(2)9-4-6-10(7-5-9)14(11,12)13/h3-10H,1-2H3;5-8,13H,4H2,1-3H3;4-8H,3H2,1-2H3,(H,11,12,13)/p-1. The first kappa shape index (κ1) is 33.8. The highest BCUT2D eigenvalue weighted by Crippen LogP contribution is 2.45. The summed E-state index contributed by atoms with van der Waals surface area (Å²) in [7, 11) is -4.30. The third-order valence-corrected chi connectivity index (χ3v) is 9.38. The van der Waals surface area contributed by atoms with Gasteiger partial charge < -0.3 is 14.4 Å². The van der Waals surface area contributed by atoms with E-state index in [2.05, 4.69) is 64.1 Å². The molecule has 4 aromatic carbocycles. The van der Waals surface area contributed by atoms with Gasteiger partial charge in [0.25, 0.3) is 0 Å². The molecule has 0 radical (unpaired) electrons. The van der Waals surface area contributed by atoms with Gasteiger partial charge in [-0.2, -0.15) is 0 Å². The highest BCUT2D eigenvalue weighted by Gasteiger charge is 2.28. The van der Waals surface area contributed by atoms with E-state index in [0.717, 1.165) is 18.4 Å². The third-order valence-electron chi connectivity index (χ3n) is 8.53. The molecule has 0 bridgehead atoms. The van der Waals surface area contributed by atoms with Crippen LogP contribution in [0.1, 0.15) is 95.8 Å². The van der Waals surface area contributed by atoms with Crippen molar-refractivity contribution < 1.29 is 27.6 Å². The minimum Gasteiger partial charge on any atom is -0.744 e. The lowest BCUT2D eigenvalue weighted by Crippen LogP contribution is -2.28. The lowest BCUT2D eigenvalue weighted by atomic mass is 9.91. The molecule has 0 saturated heterocycles. The fraction of sp³-hybridized carbons (Fsp3) is 0.361. The number of esters is 1. The monoisotopic (exact) mass is 603 g/mol. The van der Waals surface area contributed by atoms with Crippen LogP contribution in [0.2, 0.25) is 0 Å². The van der Waals surface area contributed by atoms with Crippen LogP contribution in [0.4, 0.5) is 0 Å². The molecule has 0 heterocycles. The van der Waals surface area contributed by atoms with Crippen LogP contribution >= 0.6 is 0 Å². The van der Waals surface area contributed by atoms with Gasteiger partial charge in [-0.3, -0.25) is 4.79 Å². The molecule has 4 aromatic rings. The highest BCUT2D eigenvalue weighted by molar-refractivity contribution is 7.85. The maximum absolute atomic E-state index is 11.7. The summed E-state index contributed by atoms with van der Waals surface area (Å²) < 4.78 is 37.1. The van der Waals surface area contributed by atoms with Crippen LogP contribution in [0.3, 0.4) is 0 Å². The zero-order valence-electron chi connectivity index (χ0n) is 26.1. The van der Waals surface area contributed by atoms with Crippen molar-refractivity contribution >= 4 is 26.9 Å². The number of hydrogen-bond acceptors (Lipinski definition) is 6. The molecule has 3 atom stereocenters. The fourth-order valence-electron chi connectivity index (χ4n) is 4.80. The Balaban J connectivity index is 0.000000177. The van der Waals surface area contributed by atoms with Crippen LogP contribution in [0.15, 0.2) is 89.8 Å². The summed E-state index contributed by atoms with van der Waals surface area (Å²) in [5, 5.41) is 12.0. The topological polar surface area (TPSA) is 104 Å². The Kier molecular flexibility index (Phi) is 11.2. The van der Waals surface area contributed by atoms with Crippen molar-refractivity contribution in [1.29, 1.82) is 0 Å². The molecule has 5 rings (SSSR count). The van der Waals surface area contributed by atoms with E-state index >= 15 is 0 Å². The smallest absolute Gasteiger partial charge is 0.316 e. The number of carbonyl (C=O) groups excluding carboxylic acids is 1. The number of aromatic hydroxyl groups is 1. The van der Waals surface area contributed by atoms with E-state index in [0.29, 0.717) is 23.5 Å². The van der Waals surface area contributed by atoms with Gasteiger partial charge in [0.05, 0.1) is 10.3 Å². The molecule has 0 spiro atoms. The number of hydrogen-bond donors (Lipinski definition) is 1. The van der Waals surface area contributed by atoms with E-state index < -0.39 is 15.5 Å². The highest BCUT2D eigenvalue weighted by atomic mass is 32.2. The van der Waals surface area contributed by atoms with Crippen LogP contribution in [-0.4, -0.2) is 24.0 Å². The van der Waals surface area contributed by atoms with E-state index in [9.17, 15) is 17.8 Å². The zero-order chi connectivity index (χ0) is 31.9. The van der Waals surface area contributed by atoms with Gasteiger partial charge in [-0.1, -0.05) is 83.1 Å². The Morgan fingerprint density at radius 3 is 1.84 bits per heavy atom. The van der Waals surface area contributed by atoms with E-state index in [1.807, 2.05) is 20.8 Å². The quantitative estimate of drug-likeness (QED) is 0.134. The van der Waals surface area contributed by atoms with Gasteiger partial charge in [0.15, 0.2) is 0 Å². The molecule has 1 N–H and O–H groups in total. The predicted molar refractivity (Wildman–Crippen MR) is 172 cm³/mol. The van der Waals surface area contributed by atoms with Crippen molar-refractivity contribution in [2.75, 3.05) is 0 Å². The average Bonchev–Trinajstić information content (AvgIpc) is 3.24. The Hall–Kier alpha value is -3.68. The molecule has 0 aliphatic heterocycles. The second kappa shape index (κ2) is 14.2. The SMILES string of the molecule is CC1c2cccc3cccc(c23)C1C.CCC(C)(C)C(=O)Oc1ccc(O)cc1.CCC(C)c1ccc(S(=O)(=O)[O-])cc1. The molecular weight excluding hydrogens is 560 g/mol. The second-order valence-electron chi connectivity index (χ2n) is 11.8. The Morgan fingerprint density at radius 1 is 0.884 bits per heavy atom. The van der Waals surface area contributed by atoms with Crippen LogP contribution in [0, 0.1) is 5.41 Å². The Morgan fingerprint density at radius 2 is 1.40 bits per heavy atom. The molecule has 1 aliphatic rings. The third kappa shape index (κ3) is 8.46. The molecule has 0 aromatic heterocycles. The van der Waals surface area contributed by atoms with E-state index in [1.165, 1.54) is 46.2 Å². The summed E-state index contributed by atoms with van der Waals surface area (Å²) in [5.41, 5.74) is 3.65. The first-order valence-corrected chi connectivity index (χ1v) is 16.2. The van der Waals surface area contributed by atoms with Crippen molar-refractivity contribution in [1.82, 2.24) is 0 Å². The Labute approximate surface area is 256 Å². The summed E-state index contributed by atoms with van der Waals surface area (Å²) in [4.78, 5) is 11.5. The minimum absolute atomic E-state index is 0.157. The van der Waals surface area contributed by atoms with Crippen molar-refractivity contribution in [3.05, 3.63) is 102 Å². The number of phenolic OH excluding ortho intramolecular Hbond substituents is 1. The van der Waals surface area contributed by atoms with Crippen molar-refractivity contribution in [3.63, 3.8) is 0 Å². The number of phenols is 1. The molecule has 6 nitrogen and oxygen atoms in total. The van der Waals surface area contributed by atoms with E-state index in [4.69, 9.17) is 9.84 Å². The Bertz CT molecular complexity index is 1580. The summed E-state index contributed by atoms with van der Waals surface area (Å²) in [6.07, 6.45) is 1.72. The zero-order valence-corrected chi connectivity index (χ0v) is 26.9. The molecule has 7 heteroatoms. The number of carbonyl (C=O) groups is 1. The van der Waals surface area contributed by atoms with Crippen molar-refractivity contribution in [2.24, 2.45) is 5.41 Å². The molecular formula is C36H43O6S-. The average molecular weight is 604 g/mol. The van der Waals surface area contributed by atoms with Crippen molar-refractivity contribution in [3.8, 4) is 11.5 Å². The molecule has 3 unspecified atom stereocenters. The van der Waals surface area contributed by atoms with Gasteiger partial charge in [0.2, 0.25) is 0 Å². The maximum Gasteiger partial charge on any atom is 0.316 e. The number of rotatable bonds is 6. The molecule has 230 valence electrons. The largest absolute Gasteiger partial charge is 0.744 e. The first-order chi connectivity index (χ1) is 20.2. The summed E-state index contributed by atoms with van der Waals surface area (Å²) in [6.45, 7) is 14.4. The molecule has 0 fully saturated rings. The van der Waals surface area contributed by atoms with Crippen molar-refractivity contribution in [2.45, 2.75) is 84.0 Å². The van der Waals surface area contributed by atoms with Gasteiger partial charge in [-0.05, 0) is 108 Å². The maximum atomic E-state index is 11.7. The van der Waals surface area contributed by atoms with Gasteiger partial charge in [0.1, 0.15) is 21.6 Å². The normalized spacial score (nSPS) is 16.4. The van der Waals surface area contributed by atoms with Crippen LogP contribution in [0.5, 0.6) is 11.5 Å². The fourth-order valence-corrected chi connectivity index (χ4v) is 5.27. The van der Waals surface area contributed by atoms with Gasteiger partial charge in [-0.25, -0.2) is 8.42 Å². The molecule has 0 saturated carbocycles. The van der Waals surface area contributed by atoms with Gasteiger partial charge >= 0.3 is 5.97 Å². The number of benzene rings is 4. The van der Waals surface area contributed by atoms with E-state index in [-0.39, 0.29) is 16.6 Å². The second-order valence-corrected chi connectivity index (χ2v) is 13.2. The van der Waals surface area contributed by atoms with Crippen LogP contribution < -0.4 is 4.74 Å². The molecule has 0 amide bonds. The molecule has 43 heavy (non-hydrogen) atoms. The molecule has 1 aliphatic carbocycles. The minimum atomic E-state index is -4.30. The predicted octanol–water partition coefficient (Wildman–Crippen LogP) is 8.90. The van der Waals surface area contributed by atoms with Crippen LogP contribution in [0.25, 0.3) is 10.8 Å². The first-order valence-electron chi connectivity index (χ1n) is 14.8. The summed E-state index contributed by atoms with van der Waals surface area (Å²) in [5.74, 6) is 2.10. The lowest BCUT2D eigenvalue weighted by Gasteiger charge is -2.19.